The van der Waals surface area contributed by atoms with Crippen LogP contribution < -0.4 is 5.32 Å². The van der Waals surface area contributed by atoms with E-state index < -0.39 is 0 Å². The van der Waals surface area contributed by atoms with Crippen LogP contribution in [0.1, 0.15) is 40.0 Å². The molecule has 3 heteroatoms. The van der Waals surface area contributed by atoms with E-state index in [0.29, 0.717) is 24.3 Å². The lowest BCUT2D eigenvalue weighted by atomic mass is 9.99. The first-order valence-corrected chi connectivity index (χ1v) is 6.53. The Labute approximate surface area is 101 Å². The standard InChI is InChI=1S/C13H28N2O/c1-10(6-7-15(4)5)14-13-8-11(2)16-12(3)9-13/h10-14H,6-9H2,1-5H3. The van der Waals surface area contributed by atoms with Crippen LogP contribution in [-0.2, 0) is 4.74 Å². The molecule has 0 aromatic rings. The molecule has 1 saturated heterocycles. The third kappa shape index (κ3) is 5.28. The second-order valence-electron chi connectivity index (χ2n) is 5.59. The quantitative estimate of drug-likeness (QED) is 0.777. The predicted molar refractivity (Wildman–Crippen MR) is 68.8 cm³/mol. The summed E-state index contributed by atoms with van der Waals surface area (Å²) in [5, 5.41) is 3.73. The molecule has 1 N–H and O–H groups in total. The molecule has 0 aliphatic carbocycles. The maximum Gasteiger partial charge on any atom is 0.0565 e. The third-order valence-electron chi connectivity index (χ3n) is 3.23. The number of nitrogens with one attached hydrogen (secondary N) is 1. The normalized spacial score (nSPS) is 33.0. The molecular formula is C13H28N2O. The van der Waals surface area contributed by atoms with E-state index in [9.17, 15) is 0 Å². The molecule has 96 valence electrons. The van der Waals surface area contributed by atoms with Crippen LogP contribution in [0.2, 0.25) is 0 Å². The van der Waals surface area contributed by atoms with Crippen LogP contribution in [-0.4, -0.2) is 49.8 Å². The highest BCUT2D eigenvalue weighted by Crippen LogP contribution is 2.19. The van der Waals surface area contributed by atoms with Crippen molar-refractivity contribution in [2.45, 2.75) is 64.3 Å². The van der Waals surface area contributed by atoms with E-state index in [-0.39, 0.29) is 0 Å². The van der Waals surface area contributed by atoms with Gasteiger partial charge in [-0.25, -0.2) is 0 Å². The molecule has 3 atom stereocenters. The van der Waals surface area contributed by atoms with Crippen LogP contribution in [0.5, 0.6) is 0 Å². The summed E-state index contributed by atoms with van der Waals surface area (Å²) in [4.78, 5) is 2.24. The summed E-state index contributed by atoms with van der Waals surface area (Å²) in [6, 6.07) is 1.24. The summed E-state index contributed by atoms with van der Waals surface area (Å²) in [6.45, 7) is 7.79. The van der Waals surface area contributed by atoms with Gasteiger partial charge in [-0.3, -0.25) is 0 Å². The second kappa shape index (κ2) is 6.58. The summed E-state index contributed by atoms with van der Waals surface area (Å²) < 4.78 is 5.75. The molecule has 1 rings (SSSR count). The summed E-state index contributed by atoms with van der Waals surface area (Å²) in [5.74, 6) is 0. The summed E-state index contributed by atoms with van der Waals surface area (Å²) in [6.07, 6.45) is 4.32. The van der Waals surface area contributed by atoms with Crippen LogP contribution in [0.15, 0.2) is 0 Å². The zero-order valence-corrected chi connectivity index (χ0v) is 11.5. The topological polar surface area (TPSA) is 24.5 Å². The number of ether oxygens (including phenoxy) is 1. The Morgan fingerprint density at radius 3 is 2.31 bits per heavy atom. The number of hydrogen-bond donors (Lipinski definition) is 1. The first kappa shape index (κ1) is 13.9. The van der Waals surface area contributed by atoms with Crippen molar-refractivity contribution in [3.05, 3.63) is 0 Å². The fourth-order valence-electron chi connectivity index (χ4n) is 2.48. The highest BCUT2D eigenvalue weighted by molar-refractivity contribution is 4.80. The molecule has 0 aromatic heterocycles. The molecule has 1 heterocycles. The highest BCUT2D eigenvalue weighted by atomic mass is 16.5. The Hall–Kier alpha value is -0.120. The average Bonchev–Trinajstić information content (AvgIpc) is 2.12. The van der Waals surface area contributed by atoms with Crippen LogP contribution in [0.3, 0.4) is 0 Å². The van der Waals surface area contributed by atoms with Crippen LogP contribution in [0, 0.1) is 0 Å². The minimum Gasteiger partial charge on any atom is -0.375 e. The van der Waals surface area contributed by atoms with Crippen molar-refractivity contribution < 1.29 is 4.74 Å². The van der Waals surface area contributed by atoms with Crippen molar-refractivity contribution in [3.8, 4) is 0 Å². The average molecular weight is 228 g/mol. The van der Waals surface area contributed by atoms with Crippen LogP contribution >= 0.6 is 0 Å². The first-order chi connectivity index (χ1) is 7.47. The molecule has 0 spiro atoms. The van der Waals surface area contributed by atoms with Gasteiger partial charge in [-0.15, -0.1) is 0 Å². The van der Waals surface area contributed by atoms with Gasteiger partial charge in [0.05, 0.1) is 12.2 Å². The number of hydrogen-bond acceptors (Lipinski definition) is 3. The molecular weight excluding hydrogens is 200 g/mol. The van der Waals surface area contributed by atoms with Crippen LogP contribution in [0.4, 0.5) is 0 Å². The van der Waals surface area contributed by atoms with E-state index in [2.05, 4.69) is 45.1 Å². The lowest BCUT2D eigenvalue weighted by Crippen LogP contribution is -2.45. The third-order valence-corrected chi connectivity index (χ3v) is 3.23. The molecule has 3 unspecified atom stereocenters. The van der Waals surface area contributed by atoms with Gasteiger partial charge in [0.25, 0.3) is 0 Å². The van der Waals surface area contributed by atoms with Gasteiger partial charge in [-0.05, 0) is 60.7 Å². The van der Waals surface area contributed by atoms with E-state index in [1.54, 1.807) is 0 Å². The molecule has 0 amide bonds. The molecule has 1 aliphatic rings. The summed E-state index contributed by atoms with van der Waals surface area (Å²) >= 11 is 0. The molecule has 0 aromatic carbocycles. The minimum atomic E-state index is 0.405. The Morgan fingerprint density at radius 2 is 1.81 bits per heavy atom. The van der Waals surface area contributed by atoms with E-state index in [0.717, 1.165) is 19.4 Å². The maximum absolute atomic E-state index is 5.75. The van der Waals surface area contributed by atoms with Crippen molar-refractivity contribution in [1.29, 1.82) is 0 Å². The lowest BCUT2D eigenvalue weighted by Gasteiger charge is -2.34. The Kier molecular flexibility index (Phi) is 5.73. The van der Waals surface area contributed by atoms with Crippen molar-refractivity contribution in [1.82, 2.24) is 10.2 Å². The lowest BCUT2D eigenvalue weighted by molar-refractivity contribution is -0.0434. The van der Waals surface area contributed by atoms with Gasteiger partial charge in [0, 0.05) is 12.1 Å². The number of nitrogens with zero attached hydrogens (tertiary/aromatic N) is 1. The summed E-state index contributed by atoms with van der Waals surface area (Å²) in [5.41, 5.74) is 0. The smallest absolute Gasteiger partial charge is 0.0565 e. The van der Waals surface area contributed by atoms with E-state index in [1.165, 1.54) is 6.42 Å². The fraction of sp³-hybridized carbons (Fsp3) is 1.00. The molecule has 1 fully saturated rings. The van der Waals surface area contributed by atoms with Gasteiger partial charge in [0.15, 0.2) is 0 Å². The van der Waals surface area contributed by atoms with Gasteiger partial charge < -0.3 is 15.0 Å². The monoisotopic (exact) mass is 228 g/mol. The number of rotatable bonds is 5. The maximum atomic E-state index is 5.75. The van der Waals surface area contributed by atoms with E-state index in [4.69, 9.17) is 4.74 Å². The molecule has 0 bridgehead atoms. The first-order valence-electron chi connectivity index (χ1n) is 6.53. The zero-order valence-electron chi connectivity index (χ0n) is 11.5. The van der Waals surface area contributed by atoms with Crippen LogP contribution in [0.25, 0.3) is 0 Å². The van der Waals surface area contributed by atoms with Crippen molar-refractivity contribution in [2.24, 2.45) is 0 Å². The molecule has 16 heavy (non-hydrogen) atoms. The Bertz CT molecular complexity index is 186. The van der Waals surface area contributed by atoms with Crippen molar-refractivity contribution in [3.63, 3.8) is 0 Å². The second-order valence-corrected chi connectivity index (χ2v) is 5.59. The SMILES string of the molecule is CC(CCN(C)C)NC1CC(C)OC(C)C1. The van der Waals surface area contributed by atoms with Crippen molar-refractivity contribution >= 4 is 0 Å². The largest absolute Gasteiger partial charge is 0.375 e. The van der Waals surface area contributed by atoms with Gasteiger partial charge in [-0.2, -0.15) is 0 Å². The van der Waals surface area contributed by atoms with Crippen molar-refractivity contribution in [2.75, 3.05) is 20.6 Å². The fourth-order valence-corrected chi connectivity index (χ4v) is 2.48. The van der Waals surface area contributed by atoms with Gasteiger partial charge in [0.2, 0.25) is 0 Å². The molecule has 0 saturated carbocycles. The molecule has 0 radical (unpaired) electrons. The Balaban J connectivity index is 2.24. The zero-order chi connectivity index (χ0) is 12.1. The van der Waals surface area contributed by atoms with Gasteiger partial charge in [0.1, 0.15) is 0 Å². The van der Waals surface area contributed by atoms with Gasteiger partial charge in [-0.1, -0.05) is 0 Å². The molecule has 3 nitrogen and oxygen atoms in total. The highest BCUT2D eigenvalue weighted by Gasteiger charge is 2.24. The summed E-state index contributed by atoms with van der Waals surface area (Å²) in [7, 11) is 4.26. The van der Waals surface area contributed by atoms with E-state index >= 15 is 0 Å². The van der Waals surface area contributed by atoms with E-state index in [1.807, 2.05) is 0 Å². The predicted octanol–water partition coefficient (Wildman–Crippen LogP) is 1.87. The Morgan fingerprint density at radius 1 is 1.25 bits per heavy atom. The minimum absolute atomic E-state index is 0.405. The van der Waals surface area contributed by atoms with Gasteiger partial charge >= 0.3 is 0 Å². The molecule has 1 aliphatic heterocycles.